The van der Waals surface area contributed by atoms with Crippen molar-refractivity contribution in [2.24, 2.45) is 5.92 Å². The van der Waals surface area contributed by atoms with Crippen LogP contribution in [0.3, 0.4) is 0 Å². The quantitative estimate of drug-likeness (QED) is 0.451. The van der Waals surface area contributed by atoms with Crippen molar-refractivity contribution in [3.63, 3.8) is 0 Å². The Hall–Kier alpha value is -1.36. The van der Waals surface area contributed by atoms with Gasteiger partial charge in [0.2, 0.25) is 0 Å². The number of benzene rings is 1. The van der Waals surface area contributed by atoms with Gasteiger partial charge in [-0.05, 0) is 61.1 Å². The maximum absolute atomic E-state index is 12.1. The highest BCUT2D eigenvalue weighted by atomic mass is 19.3. The first-order chi connectivity index (χ1) is 10.7. The first-order valence-electron chi connectivity index (χ1n) is 8.58. The molecule has 1 fully saturated rings. The molecule has 0 atom stereocenters. The summed E-state index contributed by atoms with van der Waals surface area (Å²) in [4.78, 5) is 0. The minimum absolute atomic E-state index is 0.638. The molecule has 0 heterocycles. The molecule has 1 saturated carbocycles. The van der Waals surface area contributed by atoms with E-state index in [0.29, 0.717) is 11.5 Å². The molecule has 1 aliphatic rings. The molecule has 0 aliphatic heterocycles. The Morgan fingerprint density at radius 2 is 1.73 bits per heavy atom. The summed E-state index contributed by atoms with van der Waals surface area (Å²) in [6, 6.07) is 7.88. The lowest BCUT2D eigenvalue weighted by molar-refractivity contribution is 0.215. The highest BCUT2D eigenvalue weighted by molar-refractivity contribution is 5.37. The van der Waals surface area contributed by atoms with E-state index in [0.717, 1.165) is 5.92 Å². The fourth-order valence-electron chi connectivity index (χ4n) is 3.44. The van der Waals surface area contributed by atoms with Gasteiger partial charge >= 0.3 is 0 Å². The molecule has 1 aromatic carbocycles. The van der Waals surface area contributed by atoms with E-state index in [1.165, 1.54) is 56.9 Å². The predicted molar refractivity (Wildman–Crippen MR) is 88.2 cm³/mol. The third-order valence-electron chi connectivity index (χ3n) is 4.77. The summed E-state index contributed by atoms with van der Waals surface area (Å²) >= 11 is 0. The molecule has 0 aromatic heterocycles. The monoisotopic (exact) mass is 304 g/mol. The van der Waals surface area contributed by atoms with Gasteiger partial charge in [-0.2, -0.15) is 8.78 Å². The van der Waals surface area contributed by atoms with Crippen molar-refractivity contribution in [2.45, 2.75) is 70.6 Å². The molecule has 0 unspecified atom stereocenters. The van der Waals surface area contributed by atoms with Crippen LogP contribution in [0.15, 0.2) is 24.3 Å². The second-order valence-corrected chi connectivity index (χ2v) is 6.41. The number of halogens is 2. The van der Waals surface area contributed by atoms with Crippen LogP contribution in [-0.4, -0.2) is 6.43 Å². The molecule has 2 heteroatoms. The summed E-state index contributed by atoms with van der Waals surface area (Å²) in [6.45, 7) is 2.26. The Morgan fingerprint density at radius 1 is 1.05 bits per heavy atom. The van der Waals surface area contributed by atoms with Crippen molar-refractivity contribution in [1.82, 2.24) is 0 Å². The Kier molecular flexibility index (Phi) is 6.90. The minimum Gasteiger partial charge on any atom is -0.196 e. The third kappa shape index (κ3) is 5.44. The molecule has 2 rings (SSSR count). The molecular weight excluding hydrogens is 278 g/mol. The zero-order valence-corrected chi connectivity index (χ0v) is 13.5. The fourth-order valence-corrected chi connectivity index (χ4v) is 3.44. The normalized spacial score (nSPS) is 21.5. The van der Waals surface area contributed by atoms with Crippen LogP contribution in [0, 0.1) is 17.8 Å². The fraction of sp³-hybridized carbons (Fsp3) is 0.600. The van der Waals surface area contributed by atoms with Crippen LogP contribution in [0.1, 0.15) is 75.3 Å². The van der Waals surface area contributed by atoms with Crippen molar-refractivity contribution in [3.05, 3.63) is 35.4 Å². The molecule has 0 nitrogen and oxygen atoms in total. The summed E-state index contributed by atoms with van der Waals surface area (Å²) in [6.07, 6.45) is 8.08. The zero-order valence-electron chi connectivity index (χ0n) is 13.5. The SMILES string of the molecule is CCCCCC1CCC(c2ccc(C#CC(F)F)cc2)CC1. The topological polar surface area (TPSA) is 0 Å². The second kappa shape index (κ2) is 8.93. The van der Waals surface area contributed by atoms with Crippen molar-refractivity contribution in [3.8, 4) is 11.8 Å². The van der Waals surface area contributed by atoms with Gasteiger partial charge < -0.3 is 0 Å². The summed E-state index contributed by atoms with van der Waals surface area (Å²) < 4.78 is 24.1. The number of hydrogen-bond donors (Lipinski definition) is 0. The van der Waals surface area contributed by atoms with Crippen LogP contribution in [-0.2, 0) is 0 Å². The maximum Gasteiger partial charge on any atom is 0.299 e. The van der Waals surface area contributed by atoms with Crippen molar-refractivity contribution in [1.29, 1.82) is 0 Å². The molecule has 0 saturated heterocycles. The lowest BCUT2D eigenvalue weighted by Gasteiger charge is -2.29. The van der Waals surface area contributed by atoms with Crippen molar-refractivity contribution < 1.29 is 8.78 Å². The highest BCUT2D eigenvalue weighted by Gasteiger charge is 2.21. The largest absolute Gasteiger partial charge is 0.299 e. The van der Waals surface area contributed by atoms with Crippen LogP contribution in [0.25, 0.3) is 0 Å². The van der Waals surface area contributed by atoms with E-state index >= 15 is 0 Å². The van der Waals surface area contributed by atoms with Gasteiger partial charge in [0.05, 0.1) is 0 Å². The highest BCUT2D eigenvalue weighted by Crippen LogP contribution is 2.37. The Morgan fingerprint density at radius 3 is 2.32 bits per heavy atom. The molecule has 0 N–H and O–H groups in total. The number of alkyl halides is 2. The van der Waals surface area contributed by atoms with E-state index in [-0.39, 0.29) is 0 Å². The molecule has 120 valence electrons. The van der Waals surface area contributed by atoms with Crippen LogP contribution in [0.2, 0.25) is 0 Å². The van der Waals surface area contributed by atoms with E-state index in [1.54, 1.807) is 0 Å². The molecule has 0 bridgehead atoms. The van der Waals surface area contributed by atoms with Crippen LogP contribution >= 0.6 is 0 Å². The predicted octanol–water partition coefficient (Wildman–Crippen LogP) is 6.16. The van der Waals surface area contributed by atoms with Gasteiger partial charge in [0.25, 0.3) is 6.43 Å². The zero-order chi connectivity index (χ0) is 15.8. The first kappa shape index (κ1) is 17.0. The van der Waals surface area contributed by atoms with Crippen molar-refractivity contribution >= 4 is 0 Å². The third-order valence-corrected chi connectivity index (χ3v) is 4.77. The van der Waals surface area contributed by atoms with Crippen molar-refractivity contribution in [2.75, 3.05) is 0 Å². The van der Waals surface area contributed by atoms with Gasteiger partial charge in [-0.25, -0.2) is 0 Å². The maximum atomic E-state index is 12.1. The standard InChI is InChI=1S/C20H26F2/c1-2-3-4-5-16-6-11-18(12-7-16)19-13-8-17(9-14-19)10-15-20(21)22/h8-9,13-14,16,18,20H,2-7,11-12H2,1H3. The molecule has 22 heavy (non-hydrogen) atoms. The van der Waals surface area contributed by atoms with Crippen LogP contribution in [0.4, 0.5) is 8.78 Å². The molecule has 1 aromatic rings. The summed E-state index contributed by atoms with van der Waals surface area (Å²) in [5.74, 6) is 5.97. The number of unbranched alkanes of at least 4 members (excludes halogenated alkanes) is 2. The van der Waals surface area contributed by atoms with Gasteiger partial charge in [0, 0.05) is 5.56 Å². The summed E-state index contributed by atoms with van der Waals surface area (Å²) in [7, 11) is 0. The number of rotatable bonds is 5. The Labute approximate surface area is 133 Å². The van der Waals surface area contributed by atoms with Crippen LogP contribution in [0.5, 0.6) is 0 Å². The van der Waals surface area contributed by atoms with Gasteiger partial charge in [0.15, 0.2) is 0 Å². The minimum atomic E-state index is -2.55. The molecule has 0 radical (unpaired) electrons. The molecule has 1 aliphatic carbocycles. The van der Waals surface area contributed by atoms with Gasteiger partial charge in [0.1, 0.15) is 0 Å². The second-order valence-electron chi connectivity index (χ2n) is 6.41. The number of hydrogen-bond acceptors (Lipinski definition) is 0. The van der Waals surface area contributed by atoms with Crippen LogP contribution < -0.4 is 0 Å². The van der Waals surface area contributed by atoms with E-state index < -0.39 is 6.43 Å². The smallest absolute Gasteiger partial charge is 0.196 e. The van der Waals surface area contributed by atoms with Gasteiger partial charge in [-0.15, -0.1) is 0 Å². The lowest BCUT2D eigenvalue weighted by Crippen LogP contribution is -2.13. The van der Waals surface area contributed by atoms with E-state index in [1.807, 2.05) is 18.1 Å². The average Bonchev–Trinajstić information content (AvgIpc) is 2.54. The average molecular weight is 304 g/mol. The summed E-state index contributed by atoms with van der Waals surface area (Å²) in [5.41, 5.74) is 2.02. The van der Waals surface area contributed by atoms with Gasteiger partial charge in [-0.3, -0.25) is 0 Å². The first-order valence-corrected chi connectivity index (χ1v) is 8.58. The molecule has 0 amide bonds. The molecular formula is C20H26F2. The molecule has 0 spiro atoms. The Bertz CT molecular complexity index is 485. The van der Waals surface area contributed by atoms with E-state index in [2.05, 4.69) is 25.0 Å². The van der Waals surface area contributed by atoms with E-state index in [4.69, 9.17) is 0 Å². The summed E-state index contributed by atoms with van der Waals surface area (Å²) in [5, 5.41) is 0. The Balaban J connectivity index is 1.83. The lowest BCUT2D eigenvalue weighted by atomic mass is 9.77. The van der Waals surface area contributed by atoms with E-state index in [9.17, 15) is 8.78 Å². The van der Waals surface area contributed by atoms with Gasteiger partial charge in [-0.1, -0.05) is 50.7 Å².